The van der Waals surface area contributed by atoms with Crippen LogP contribution in [0.25, 0.3) is 0 Å². The van der Waals surface area contributed by atoms with Crippen molar-refractivity contribution in [1.29, 1.82) is 0 Å². The molecule has 0 aromatic heterocycles. The maximum atomic E-state index is 12.9. The molecular weight excluding hydrogens is 398 g/mol. The SMILES string of the molecule is CSCC[C@H](NC(=O)OC(C)(C)C)C(=O)N1CCC(C(=O)N[C@@H](C)C(=O)O)CC1. The van der Waals surface area contributed by atoms with Gasteiger partial charge in [-0.05, 0) is 59.0 Å². The predicted octanol–water partition coefficient (Wildman–Crippen LogP) is 1.46. The maximum Gasteiger partial charge on any atom is 0.408 e. The Morgan fingerprint density at radius 1 is 1.17 bits per heavy atom. The summed E-state index contributed by atoms with van der Waals surface area (Å²) in [5.74, 6) is -1.21. The summed E-state index contributed by atoms with van der Waals surface area (Å²) in [5, 5.41) is 14.0. The van der Waals surface area contributed by atoms with Crippen molar-refractivity contribution in [3.8, 4) is 0 Å². The van der Waals surface area contributed by atoms with E-state index in [1.165, 1.54) is 6.92 Å². The first-order valence-electron chi connectivity index (χ1n) is 9.75. The van der Waals surface area contributed by atoms with Gasteiger partial charge < -0.3 is 25.4 Å². The van der Waals surface area contributed by atoms with Gasteiger partial charge in [-0.15, -0.1) is 0 Å². The molecule has 3 N–H and O–H groups in total. The molecule has 0 bridgehead atoms. The van der Waals surface area contributed by atoms with Crippen molar-refractivity contribution >= 4 is 35.6 Å². The fourth-order valence-corrected chi connectivity index (χ4v) is 3.39. The van der Waals surface area contributed by atoms with Crippen molar-refractivity contribution in [3.05, 3.63) is 0 Å². The summed E-state index contributed by atoms with van der Waals surface area (Å²) in [4.78, 5) is 49.7. The number of carboxylic acids is 1. The number of aliphatic carboxylic acids is 1. The molecule has 0 aliphatic carbocycles. The monoisotopic (exact) mass is 431 g/mol. The first-order chi connectivity index (χ1) is 13.4. The van der Waals surface area contributed by atoms with E-state index in [0.717, 1.165) is 0 Å². The average Bonchev–Trinajstić information content (AvgIpc) is 2.63. The van der Waals surface area contributed by atoms with Crippen LogP contribution in [-0.4, -0.2) is 76.7 Å². The van der Waals surface area contributed by atoms with E-state index in [1.54, 1.807) is 37.4 Å². The molecule has 2 atom stereocenters. The molecule has 0 aromatic rings. The Balaban J connectivity index is 2.64. The Morgan fingerprint density at radius 3 is 2.24 bits per heavy atom. The number of hydrogen-bond donors (Lipinski definition) is 3. The Labute approximate surface area is 176 Å². The first-order valence-corrected chi connectivity index (χ1v) is 11.1. The van der Waals surface area contributed by atoms with Gasteiger partial charge in [0.15, 0.2) is 0 Å². The molecule has 10 heteroatoms. The van der Waals surface area contributed by atoms with Crippen molar-refractivity contribution in [2.45, 2.75) is 64.6 Å². The largest absolute Gasteiger partial charge is 0.480 e. The Morgan fingerprint density at radius 2 is 1.76 bits per heavy atom. The molecule has 1 aliphatic heterocycles. The molecule has 0 unspecified atom stereocenters. The van der Waals surface area contributed by atoms with Crippen LogP contribution in [0.15, 0.2) is 0 Å². The molecule has 1 rings (SSSR count). The minimum atomic E-state index is -1.09. The van der Waals surface area contributed by atoms with E-state index < -0.39 is 29.7 Å². The van der Waals surface area contributed by atoms with Gasteiger partial charge in [0, 0.05) is 19.0 Å². The molecule has 0 radical (unpaired) electrons. The first kappa shape index (κ1) is 25.1. The molecule has 1 fully saturated rings. The van der Waals surface area contributed by atoms with Crippen LogP contribution in [0.1, 0.15) is 47.0 Å². The zero-order chi connectivity index (χ0) is 22.2. The number of rotatable bonds is 8. The number of carboxylic acid groups (broad SMARTS) is 1. The lowest BCUT2D eigenvalue weighted by Crippen LogP contribution is -2.53. The summed E-state index contributed by atoms with van der Waals surface area (Å²) in [6.45, 7) is 7.44. The second-order valence-corrected chi connectivity index (χ2v) is 9.13. The van der Waals surface area contributed by atoms with Gasteiger partial charge in [-0.3, -0.25) is 14.4 Å². The molecule has 1 aliphatic rings. The Kier molecular flexibility index (Phi) is 9.75. The van der Waals surface area contributed by atoms with Gasteiger partial charge in [-0.2, -0.15) is 11.8 Å². The van der Waals surface area contributed by atoms with Gasteiger partial charge in [-0.25, -0.2) is 4.79 Å². The second-order valence-electron chi connectivity index (χ2n) is 8.15. The summed E-state index contributed by atoms with van der Waals surface area (Å²) in [6.07, 6.45) is 2.68. The lowest BCUT2D eigenvalue weighted by atomic mass is 9.95. The number of thioether (sulfide) groups is 1. The predicted molar refractivity (Wildman–Crippen MR) is 111 cm³/mol. The zero-order valence-corrected chi connectivity index (χ0v) is 18.6. The number of ether oxygens (including phenoxy) is 1. The Hall–Kier alpha value is -1.97. The molecular formula is C19H33N3O6S. The summed E-state index contributed by atoms with van der Waals surface area (Å²) < 4.78 is 5.26. The van der Waals surface area contributed by atoms with Gasteiger partial charge in [-0.1, -0.05) is 0 Å². The highest BCUT2D eigenvalue weighted by atomic mass is 32.2. The number of nitrogens with one attached hydrogen (secondary N) is 2. The fraction of sp³-hybridized carbons (Fsp3) is 0.789. The van der Waals surface area contributed by atoms with Gasteiger partial charge in [0.2, 0.25) is 11.8 Å². The van der Waals surface area contributed by atoms with Crippen molar-refractivity contribution in [2.75, 3.05) is 25.1 Å². The third-order valence-corrected chi connectivity index (χ3v) is 5.15. The zero-order valence-electron chi connectivity index (χ0n) is 17.8. The van der Waals surface area contributed by atoms with Gasteiger partial charge >= 0.3 is 12.1 Å². The normalized spacial score (nSPS) is 17.2. The third-order valence-electron chi connectivity index (χ3n) is 4.51. The number of likely N-dealkylation sites (tertiary alicyclic amines) is 1. The van der Waals surface area contributed by atoms with Crippen LogP contribution in [0.4, 0.5) is 4.79 Å². The summed E-state index contributed by atoms with van der Waals surface area (Å²) in [5.41, 5.74) is -0.657. The minimum absolute atomic E-state index is 0.192. The van der Waals surface area contributed by atoms with Crippen molar-refractivity contribution in [3.63, 3.8) is 0 Å². The van der Waals surface area contributed by atoms with Crippen LogP contribution in [0.2, 0.25) is 0 Å². The molecule has 0 aromatic carbocycles. The van der Waals surface area contributed by atoms with Gasteiger partial charge in [0.1, 0.15) is 17.7 Å². The third kappa shape index (κ3) is 8.93. The van der Waals surface area contributed by atoms with Crippen LogP contribution in [0.5, 0.6) is 0 Å². The van der Waals surface area contributed by atoms with Gasteiger partial charge in [0.25, 0.3) is 0 Å². The van der Waals surface area contributed by atoms with Crippen LogP contribution < -0.4 is 10.6 Å². The van der Waals surface area contributed by atoms with Crippen molar-refractivity contribution in [1.82, 2.24) is 15.5 Å². The second kappa shape index (κ2) is 11.3. The highest BCUT2D eigenvalue weighted by Crippen LogP contribution is 2.19. The van der Waals surface area contributed by atoms with E-state index in [0.29, 0.717) is 38.1 Å². The molecule has 29 heavy (non-hydrogen) atoms. The van der Waals surface area contributed by atoms with E-state index >= 15 is 0 Å². The smallest absolute Gasteiger partial charge is 0.408 e. The standard InChI is InChI=1S/C19H33N3O6S/c1-12(17(25)26)20-15(23)13-6-9-22(10-7-13)16(24)14(8-11-29-5)21-18(27)28-19(2,3)4/h12-14H,6-11H2,1-5H3,(H,20,23)(H,21,27)(H,25,26)/t12-,14-/m0/s1. The summed E-state index contributed by atoms with van der Waals surface area (Å²) in [6, 6.07) is -1.63. The number of amides is 3. The van der Waals surface area contributed by atoms with Crippen LogP contribution >= 0.6 is 11.8 Å². The molecule has 0 saturated carbocycles. The minimum Gasteiger partial charge on any atom is -0.480 e. The Bertz CT molecular complexity index is 599. The van der Waals surface area contributed by atoms with E-state index in [9.17, 15) is 19.2 Å². The number of nitrogens with zero attached hydrogens (tertiary/aromatic N) is 1. The van der Waals surface area contributed by atoms with E-state index in [2.05, 4.69) is 10.6 Å². The number of piperidine rings is 1. The van der Waals surface area contributed by atoms with Crippen LogP contribution in [0.3, 0.4) is 0 Å². The molecule has 3 amide bonds. The average molecular weight is 432 g/mol. The molecule has 1 saturated heterocycles. The van der Waals surface area contributed by atoms with Crippen LogP contribution in [-0.2, 0) is 19.1 Å². The number of carbonyl (C=O) groups excluding carboxylic acids is 3. The fourth-order valence-electron chi connectivity index (χ4n) is 2.92. The quantitative estimate of drug-likeness (QED) is 0.531. The molecule has 1 heterocycles. The number of alkyl carbamates (subject to hydrolysis) is 1. The highest BCUT2D eigenvalue weighted by molar-refractivity contribution is 7.98. The van der Waals surface area contributed by atoms with E-state index in [4.69, 9.17) is 9.84 Å². The van der Waals surface area contributed by atoms with Crippen LogP contribution in [0, 0.1) is 5.92 Å². The number of hydrogen-bond acceptors (Lipinski definition) is 6. The maximum absolute atomic E-state index is 12.9. The molecule has 166 valence electrons. The topological polar surface area (TPSA) is 125 Å². The summed E-state index contributed by atoms with van der Waals surface area (Å²) in [7, 11) is 0. The summed E-state index contributed by atoms with van der Waals surface area (Å²) >= 11 is 1.58. The van der Waals surface area contributed by atoms with E-state index in [-0.39, 0.29) is 17.7 Å². The van der Waals surface area contributed by atoms with E-state index in [1.807, 2.05) is 6.26 Å². The highest BCUT2D eigenvalue weighted by Gasteiger charge is 2.33. The van der Waals surface area contributed by atoms with Gasteiger partial charge in [0.05, 0.1) is 0 Å². The lowest BCUT2D eigenvalue weighted by molar-refractivity contribution is -0.142. The van der Waals surface area contributed by atoms with Crippen molar-refractivity contribution < 1.29 is 29.0 Å². The molecule has 0 spiro atoms. The van der Waals surface area contributed by atoms with Crippen molar-refractivity contribution in [2.24, 2.45) is 5.92 Å². The number of carbonyl (C=O) groups is 4. The molecule has 9 nitrogen and oxygen atoms in total. The lowest BCUT2D eigenvalue weighted by Gasteiger charge is -2.34.